The largest absolute Gasteiger partial charge is 0.507 e. The van der Waals surface area contributed by atoms with Crippen molar-refractivity contribution >= 4 is 10.8 Å². The third-order valence-electron chi connectivity index (χ3n) is 7.67. The van der Waals surface area contributed by atoms with Crippen molar-refractivity contribution < 1.29 is 9.84 Å². The average molecular weight is 551 g/mol. The van der Waals surface area contributed by atoms with Crippen LogP contribution in [-0.2, 0) is 0 Å². The van der Waals surface area contributed by atoms with Gasteiger partial charge in [0.15, 0.2) is 0 Å². The summed E-state index contributed by atoms with van der Waals surface area (Å²) in [7, 11) is 0. The number of aromatic hydroxyl groups is 1. The molecule has 4 nitrogen and oxygen atoms in total. The summed E-state index contributed by atoms with van der Waals surface area (Å²) in [5.74, 6) is 2.01. The van der Waals surface area contributed by atoms with Gasteiger partial charge in [-0.05, 0) is 70.3 Å². The van der Waals surface area contributed by atoms with Crippen LogP contribution in [0.3, 0.4) is 0 Å². The maximum Gasteiger partial charge on any atom is 0.227 e. The van der Waals surface area contributed by atoms with E-state index in [9.17, 15) is 5.11 Å². The Morgan fingerprint density at radius 1 is 0.667 bits per heavy atom. The van der Waals surface area contributed by atoms with Crippen LogP contribution in [0.2, 0.25) is 0 Å². The minimum Gasteiger partial charge on any atom is -0.507 e. The first-order valence-electron chi connectivity index (χ1n) is 14.4. The lowest BCUT2D eigenvalue weighted by molar-refractivity contribution is 0.466. The Morgan fingerprint density at radius 3 is 2.21 bits per heavy atom. The highest BCUT2D eigenvalue weighted by Gasteiger charge is 2.20. The fraction of sp³-hybridized carbons (Fsp3) is 0.158. The monoisotopic (exact) mass is 550 g/mol. The number of nitrogens with zero attached hydrogens (tertiary/aromatic N) is 2. The van der Waals surface area contributed by atoms with Gasteiger partial charge in [0.05, 0.1) is 11.4 Å². The number of pyridine rings is 2. The molecule has 6 aromatic rings. The van der Waals surface area contributed by atoms with Crippen LogP contribution in [0.15, 0.2) is 115 Å². The molecule has 42 heavy (non-hydrogen) atoms. The van der Waals surface area contributed by atoms with Crippen molar-refractivity contribution in [3.05, 3.63) is 127 Å². The molecular formula is C38H34N2O2. The van der Waals surface area contributed by atoms with Gasteiger partial charge in [-0.1, -0.05) is 100 Å². The van der Waals surface area contributed by atoms with E-state index in [1.54, 1.807) is 6.20 Å². The minimum atomic E-state index is 0.169. The summed E-state index contributed by atoms with van der Waals surface area (Å²) in [5.41, 5.74) is 7.33. The molecule has 208 valence electrons. The van der Waals surface area contributed by atoms with E-state index >= 15 is 0 Å². The molecule has 0 fully saturated rings. The summed E-state index contributed by atoms with van der Waals surface area (Å²) in [6, 6.07) is 36.5. The van der Waals surface area contributed by atoms with E-state index in [0.29, 0.717) is 17.5 Å². The Morgan fingerprint density at radius 2 is 1.43 bits per heavy atom. The van der Waals surface area contributed by atoms with Gasteiger partial charge in [-0.2, -0.15) is 0 Å². The van der Waals surface area contributed by atoms with E-state index in [1.165, 1.54) is 5.56 Å². The van der Waals surface area contributed by atoms with Crippen LogP contribution >= 0.6 is 0 Å². The van der Waals surface area contributed by atoms with Crippen LogP contribution in [0, 0.1) is 0 Å². The van der Waals surface area contributed by atoms with Gasteiger partial charge in [0.1, 0.15) is 11.5 Å². The third-order valence-corrected chi connectivity index (χ3v) is 7.67. The molecule has 0 saturated carbocycles. The Kier molecular flexibility index (Phi) is 7.45. The molecule has 0 bridgehead atoms. The second kappa shape index (κ2) is 11.5. The van der Waals surface area contributed by atoms with E-state index < -0.39 is 0 Å². The molecule has 6 rings (SSSR count). The van der Waals surface area contributed by atoms with E-state index in [2.05, 4.69) is 69.1 Å². The zero-order valence-electron chi connectivity index (χ0n) is 24.4. The van der Waals surface area contributed by atoms with Gasteiger partial charge in [-0.25, -0.2) is 9.97 Å². The molecule has 4 aromatic carbocycles. The van der Waals surface area contributed by atoms with Crippen molar-refractivity contribution in [3.8, 4) is 51.0 Å². The summed E-state index contributed by atoms with van der Waals surface area (Å²) in [6.45, 7) is 8.58. The van der Waals surface area contributed by atoms with E-state index in [4.69, 9.17) is 9.72 Å². The lowest BCUT2D eigenvalue weighted by Gasteiger charge is -2.19. The average Bonchev–Trinajstić information content (AvgIpc) is 3.01. The van der Waals surface area contributed by atoms with Crippen LogP contribution in [0.1, 0.15) is 50.7 Å². The maximum absolute atomic E-state index is 11.6. The van der Waals surface area contributed by atoms with Crippen molar-refractivity contribution in [1.82, 2.24) is 9.97 Å². The van der Waals surface area contributed by atoms with Gasteiger partial charge in [0, 0.05) is 28.3 Å². The number of fused-ring (bicyclic) bond motifs is 1. The van der Waals surface area contributed by atoms with Crippen LogP contribution in [0.5, 0.6) is 17.4 Å². The fourth-order valence-electron chi connectivity index (χ4n) is 5.31. The summed E-state index contributed by atoms with van der Waals surface area (Å²) >= 11 is 0. The molecule has 0 aliphatic heterocycles. The first-order chi connectivity index (χ1) is 20.4. The van der Waals surface area contributed by atoms with Gasteiger partial charge in [0.25, 0.3) is 0 Å². The number of hydrogen-bond donors (Lipinski definition) is 1. The van der Waals surface area contributed by atoms with Crippen molar-refractivity contribution in [1.29, 1.82) is 0 Å². The van der Waals surface area contributed by atoms with E-state index in [0.717, 1.165) is 50.0 Å². The Balaban J connectivity index is 1.49. The highest BCUT2D eigenvalue weighted by molar-refractivity contribution is 5.87. The Labute approximate surface area is 247 Å². The van der Waals surface area contributed by atoms with Crippen LogP contribution in [0.25, 0.3) is 44.4 Å². The van der Waals surface area contributed by atoms with E-state index in [-0.39, 0.29) is 11.7 Å². The van der Waals surface area contributed by atoms with Crippen LogP contribution in [0.4, 0.5) is 0 Å². The number of benzene rings is 4. The molecule has 0 aliphatic rings. The summed E-state index contributed by atoms with van der Waals surface area (Å²) in [6.07, 6.45) is 1.76. The van der Waals surface area contributed by atoms with Gasteiger partial charge in [-0.15, -0.1) is 0 Å². The second-order valence-electron chi connectivity index (χ2n) is 11.2. The number of rotatable bonds is 7. The lowest BCUT2D eigenvalue weighted by atomic mass is 9.89. The Bertz CT molecular complexity index is 1870. The molecule has 0 radical (unpaired) electrons. The number of phenolic OH excluding ortho intramolecular Hbond substituents is 1. The molecule has 2 heterocycles. The number of aromatic nitrogens is 2. The molecule has 0 spiro atoms. The number of ether oxygens (including phenoxy) is 1. The first kappa shape index (κ1) is 27.2. The maximum atomic E-state index is 11.6. The van der Waals surface area contributed by atoms with E-state index in [1.807, 2.05) is 72.8 Å². The second-order valence-corrected chi connectivity index (χ2v) is 11.2. The lowest BCUT2D eigenvalue weighted by Crippen LogP contribution is -1.99. The van der Waals surface area contributed by atoms with Crippen molar-refractivity contribution in [2.24, 2.45) is 0 Å². The highest BCUT2D eigenvalue weighted by atomic mass is 16.5. The number of hydrogen-bond acceptors (Lipinski definition) is 4. The normalized spacial score (nSPS) is 11.4. The summed E-state index contributed by atoms with van der Waals surface area (Å²) in [5, 5.41) is 13.6. The quantitative estimate of drug-likeness (QED) is 0.215. The van der Waals surface area contributed by atoms with Gasteiger partial charge in [0.2, 0.25) is 5.88 Å². The van der Waals surface area contributed by atoms with Crippen LogP contribution < -0.4 is 4.74 Å². The molecule has 0 atom stereocenters. The molecular weight excluding hydrogens is 516 g/mol. The topological polar surface area (TPSA) is 55.2 Å². The van der Waals surface area contributed by atoms with Gasteiger partial charge in [-0.3, -0.25) is 0 Å². The fourth-order valence-corrected chi connectivity index (χ4v) is 5.31. The first-order valence-corrected chi connectivity index (χ1v) is 14.4. The van der Waals surface area contributed by atoms with Crippen molar-refractivity contribution in [2.45, 2.75) is 39.5 Å². The molecule has 0 saturated heterocycles. The van der Waals surface area contributed by atoms with Gasteiger partial charge >= 0.3 is 0 Å². The molecule has 0 aliphatic carbocycles. The zero-order valence-corrected chi connectivity index (χ0v) is 24.4. The van der Waals surface area contributed by atoms with Crippen molar-refractivity contribution in [3.63, 3.8) is 0 Å². The third kappa shape index (κ3) is 5.36. The minimum absolute atomic E-state index is 0.169. The molecule has 1 N–H and O–H groups in total. The van der Waals surface area contributed by atoms with Crippen molar-refractivity contribution in [2.75, 3.05) is 0 Å². The van der Waals surface area contributed by atoms with Gasteiger partial charge < -0.3 is 9.84 Å². The summed E-state index contributed by atoms with van der Waals surface area (Å²) < 4.78 is 6.29. The predicted molar refractivity (Wildman–Crippen MR) is 172 cm³/mol. The summed E-state index contributed by atoms with van der Waals surface area (Å²) in [4.78, 5) is 9.71. The standard InChI is InChI=1S/C38H34N2O2/c1-24(2)29-22-33(25(3)4)37(41)34(23-29)36-31(26-11-6-5-7-12-26)17-18-35(40-36)28-14-10-15-30(21-28)42-38-32-16-9-8-13-27(32)19-20-39-38/h5-25,41H,1-4H3. The van der Waals surface area contributed by atoms with Crippen LogP contribution in [-0.4, -0.2) is 15.1 Å². The number of phenols is 1. The molecule has 0 unspecified atom stereocenters. The Hall–Kier alpha value is -4.96. The molecule has 4 heteroatoms. The highest BCUT2D eigenvalue weighted by Crippen LogP contribution is 2.42. The predicted octanol–water partition coefficient (Wildman–Crippen LogP) is 10.4. The molecule has 2 aromatic heterocycles. The zero-order chi connectivity index (χ0) is 29.2. The smallest absolute Gasteiger partial charge is 0.227 e. The SMILES string of the molecule is CC(C)c1cc(-c2nc(-c3cccc(Oc4nccc5ccccc45)c3)ccc2-c2ccccc2)c(O)c(C(C)C)c1. The molecule has 0 amide bonds.